The molecule has 1 N–H and O–H groups in total. The number of tetrazole rings is 1. The molecule has 13 heteroatoms. The van der Waals surface area contributed by atoms with Crippen molar-refractivity contribution in [3.63, 3.8) is 0 Å². The number of pyridine rings is 1. The molecule has 3 aromatic heterocycles. The maximum atomic E-state index is 14.5. The molecule has 0 aliphatic carbocycles. The molecule has 0 saturated carbocycles. The monoisotopic (exact) mass is 449 g/mol. The summed E-state index contributed by atoms with van der Waals surface area (Å²) in [6, 6.07) is 2.50. The summed E-state index contributed by atoms with van der Waals surface area (Å²) in [6.45, 7) is 0. The lowest BCUT2D eigenvalue weighted by Gasteiger charge is -2.35. The van der Waals surface area contributed by atoms with Gasteiger partial charge in [0.15, 0.2) is 11.4 Å². The molecule has 4 rings (SSSR count). The number of aromatic nitrogens is 7. The first-order chi connectivity index (χ1) is 15.3. The second kappa shape index (κ2) is 8.34. The van der Waals surface area contributed by atoms with Crippen LogP contribution in [-0.4, -0.2) is 46.7 Å². The molecule has 0 aliphatic rings. The fraction of sp³-hybridized carbons (Fsp3) is 0.158. The Kier molecular flexibility index (Phi) is 5.57. The van der Waals surface area contributed by atoms with Gasteiger partial charge in [-0.2, -0.15) is 0 Å². The molecule has 4 aromatic rings. The fourth-order valence-corrected chi connectivity index (χ4v) is 3.28. The summed E-state index contributed by atoms with van der Waals surface area (Å²) in [5, 5.41) is 21.4. The zero-order chi connectivity index (χ0) is 22.9. The van der Waals surface area contributed by atoms with E-state index in [4.69, 9.17) is 0 Å². The zero-order valence-corrected chi connectivity index (χ0v) is 15.8. The van der Waals surface area contributed by atoms with Gasteiger partial charge in [-0.15, -0.1) is 5.10 Å². The number of nitrogens with zero attached hydrogens (tertiary/aromatic N) is 7. The van der Waals surface area contributed by atoms with E-state index in [9.17, 15) is 27.1 Å². The van der Waals surface area contributed by atoms with Gasteiger partial charge in [-0.05, 0) is 34.7 Å². The standard InChI is InChI=1S/C19H12F5N7O/c20-11-2-3-12(13(21)5-11)19(32,18(23)24)17(31-9-28-29-30-31)15-4-1-10(6-26-15)16-14(22)7-25-8-27-16/h1-9,17-18,32H. The summed E-state index contributed by atoms with van der Waals surface area (Å²) in [4.78, 5) is 11.4. The van der Waals surface area contributed by atoms with Crippen LogP contribution in [0.2, 0.25) is 0 Å². The Hall–Kier alpha value is -3.87. The highest BCUT2D eigenvalue weighted by Gasteiger charge is 2.52. The lowest BCUT2D eigenvalue weighted by Crippen LogP contribution is -2.45. The molecular weight excluding hydrogens is 437 g/mol. The number of benzene rings is 1. The van der Waals surface area contributed by atoms with E-state index in [-0.39, 0.29) is 17.0 Å². The van der Waals surface area contributed by atoms with Crippen molar-refractivity contribution in [3.05, 3.63) is 84.1 Å². The summed E-state index contributed by atoms with van der Waals surface area (Å²) < 4.78 is 71.2. The van der Waals surface area contributed by atoms with Crippen LogP contribution in [0.15, 0.2) is 55.4 Å². The van der Waals surface area contributed by atoms with E-state index >= 15 is 0 Å². The maximum Gasteiger partial charge on any atom is 0.273 e. The molecule has 0 bridgehead atoms. The van der Waals surface area contributed by atoms with E-state index in [0.717, 1.165) is 35.8 Å². The minimum atomic E-state index is -3.57. The number of hydrogen-bond donors (Lipinski definition) is 1. The smallest absolute Gasteiger partial charge is 0.273 e. The predicted molar refractivity (Wildman–Crippen MR) is 97.4 cm³/mol. The van der Waals surface area contributed by atoms with Gasteiger partial charge in [0.25, 0.3) is 6.43 Å². The van der Waals surface area contributed by atoms with Crippen LogP contribution in [0.25, 0.3) is 11.3 Å². The van der Waals surface area contributed by atoms with E-state index in [2.05, 4.69) is 30.5 Å². The molecule has 0 radical (unpaired) electrons. The van der Waals surface area contributed by atoms with Crippen LogP contribution >= 0.6 is 0 Å². The highest BCUT2D eigenvalue weighted by molar-refractivity contribution is 5.58. The van der Waals surface area contributed by atoms with Gasteiger partial charge in [0.1, 0.15) is 36.0 Å². The van der Waals surface area contributed by atoms with Crippen LogP contribution in [0.5, 0.6) is 0 Å². The van der Waals surface area contributed by atoms with Crippen LogP contribution in [-0.2, 0) is 5.60 Å². The molecule has 2 unspecified atom stereocenters. The molecule has 2 atom stereocenters. The summed E-state index contributed by atoms with van der Waals surface area (Å²) >= 11 is 0. The van der Waals surface area contributed by atoms with E-state index < -0.39 is 41.1 Å². The van der Waals surface area contributed by atoms with Crippen molar-refractivity contribution in [1.29, 1.82) is 0 Å². The van der Waals surface area contributed by atoms with Gasteiger partial charge < -0.3 is 5.11 Å². The first-order valence-corrected chi connectivity index (χ1v) is 8.92. The highest BCUT2D eigenvalue weighted by atomic mass is 19.3. The fourth-order valence-electron chi connectivity index (χ4n) is 3.28. The van der Waals surface area contributed by atoms with Crippen molar-refractivity contribution in [2.45, 2.75) is 18.1 Å². The Morgan fingerprint density at radius 2 is 1.78 bits per heavy atom. The predicted octanol–water partition coefficient (Wildman–Crippen LogP) is 2.68. The Balaban J connectivity index is 1.87. The van der Waals surface area contributed by atoms with Crippen LogP contribution in [0, 0.1) is 17.5 Å². The van der Waals surface area contributed by atoms with E-state index in [1.807, 2.05) is 0 Å². The molecule has 0 saturated heterocycles. The second-order valence-corrected chi connectivity index (χ2v) is 6.63. The Morgan fingerprint density at radius 3 is 2.38 bits per heavy atom. The largest absolute Gasteiger partial charge is 0.377 e. The van der Waals surface area contributed by atoms with Crippen LogP contribution in [0.3, 0.4) is 0 Å². The highest BCUT2D eigenvalue weighted by Crippen LogP contribution is 2.43. The molecule has 0 fully saturated rings. The van der Waals surface area contributed by atoms with Crippen molar-refractivity contribution in [1.82, 2.24) is 35.2 Å². The Bertz CT molecular complexity index is 1220. The average molecular weight is 449 g/mol. The van der Waals surface area contributed by atoms with Crippen LogP contribution in [0.1, 0.15) is 17.3 Å². The van der Waals surface area contributed by atoms with Crippen molar-refractivity contribution < 1.29 is 27.1 Å². The van der Waals surface area contributed by atoms with Gasteiger partial charge >= 0.3 is 0 Å². The third-order valence-electron chi connectivity index (χ3n) is 4.75. The van der Waals surface area contributed by atoms with Gasteiger partial charge in [-0.1, -0.05) is 0 Å². The van der Waals surface area contributed by atoms with Gasteiger partial charge in [-0.25, -0.2) is 36.6 Å². The minimum absolute atomic E-state index is 0.0910. The average Bonchev–Trinajstić information content (AvgIpc) is 3.29. The number of alkyl halides is 2. The third-order valence-corrected chi connectivity index (χ3v) is 4.75. The molecule has 0 spiro atoms. The molecule has 3 heterocycles. The Morgan fingerprint density at radius 1 is 0.969 bits per heavy atom. The number of rotatable bonds is 6. The molecule has 0 amide bonds. The van der Waals surface area contributed by atoms with E-state index in [1.165, 1.54) is 12.1 Å². The SMILES string of the molecule is OC(c1ccc(F)cc1F)(C(F)F)C(c1ccc(-c2ncncc2F)cn1)n1cnnn1. The molecular formula is C19H12F5N7O. The summed E-state index contributed by atoms with van der Waals surface area (Å²) in [5.74, 6) is -3.15. The zero-order valence-electron chi connectivity index (χ0n) is 15.8. The van der Waals surface area contributed by atoms with Gasteiger partial charge in [0.05, 0.1) is 11.9 Å². The topological polar surface area (TPSA) is 102 Å². The summed E-state index contributed by atoms with van der Waals surface area (Å²) in [7, 11) is 0. The molecule has 164 valence electrons. The minimum Gasteiger partial charge on any atom is -0.377 e. The first kappa shape index (κ1) is 21.4. The lowest BCUT2D eigenvalue weighted by atomic mass is 9.84. The maximum absolute atomic E-state index is 14.5. The van der Waals surface area contributed by atoms with Gasteiger partial charge in [-0.3, -0.25) is 4.98 Å². The molecule has 1 aromatic carbocycles. The normalized spacial score (nSPS) is 14.3. The number of aliphatic hydroxyl groups is 1. The third kappa shape index (κ3) is 3.66. The summed E-state index contributed by atoms with van der Waals surface area (Å²) in [5.41, 5.74) is -4.24. The number of halogens is 5. The molecule has 0 aliphatic heterocycles. The van der Waals surface area contributed by atoms with Crippen molar-refractivity contribution in [3.8, 4) is 11.3 Å². The summed E-state index contributed by atoms with van der Waals surface area (Å²) in [6.07, 6.45) is 0.539. The number of hydrogen-bond acceptors (Lipinski definition) is 7. The van der Waals surface area contributed by atoms with E-state index in [0.29, 0.717) is 12.1 Å². The first-order valence-electron chi connectivity index (χ1n) is 8.92. The van der Waals surface area contributed by atoms with Crippen molar-refractivity contribution in [2.75, 3.05) is 0 Å². The van der Waals surface area contributed by atoms with E-state index in [1.54, 1.807) is 0 Å². The van der Waals surface area contributed by atoms with Crippen molar-refractivity contribution in [2.24, 2.45) is 0 Å². The van der Waals surface area contributed by atoms with Crippen LogP contribution in [0.4, 0.5) is 22.0 Å². The quantitative estimate of drug-likeness (QED) is 0.452. The van der Waals surface area contributed by atoms with Crippen LogP contribution < -0.4 is 0 Å². The lowest BCUT2D eigenvalue weighted by molar-refractivity contribution is -0.131. The molecule has 32 heavy (non-hydrogen) atoms. The van der Waals surface area contributed by atoms with Crippen molar-refractivity contribution >= 4 is 0 Å². The van der Waals surface area contributed by atoms with Gasteiger partial charge in [0, 0.05) is 23.4 Å². The second-order valence-electron chi connectivity index (χ2n) is 6.63. The Labute approximate surface area is 176 Å². The molecule has 8 nitrogen and oxygen atoms in total. The van der Waals surface area contributed by atoms with Gasteiger partial charge in [0.2, 0.25) is 0 Å².